The van der Waals surface area contributed by atoms with Gasteiger partial charge in [0.15, 0.2) is 0 Å². The molecule has 3 unspecified atom stereocenters. The summed E-state index contributed by atoms with van der Waals surface area (Å²) >= 11 is 0. The lowest BCUT2D eigenvalue weighted by Crippen LogP contribution is -2.46. The van der Waals surface area contributed by atoms with Crippen molar-refractivity contribution in [3.05, 3.63) is 41.3 Å². The van der Waals surface area contributed by atoms with Crippen LogP contribution in [0.5, 0.6) is 5.75 Å². The minimum Gasteiger partial charge on any atom is -0.515 e. The van der Waals surface area contributed by atoms with E-state index in [-0.39, 0.29) is 12.0 Å². The molecule has 26 heavy (non-hydrogen) atoms. The molecule has 2 N–H and O–H groups in total. The zero-order chi connectivity index (χ0) is 18.3. The molecule has 0 amide bonds. The van der Waals surface area contributed by atoms with Crippen molar-refractivity contribution in [3.8, 4) is 5.75 Å². The first kappa shape index (κ1) is 17.2. The maximum atomic E-state index is 11.5. The fourth-order valence-electron chi connectivity index (χ4n) is 4.99. The van der Waals surface area contributed by atoms with E-state index >= 15 is 0 Å². The number of nitrogens with zero attached hydrogens (tertiary/aromatic N) is 1. The van der Waals surface area contributed by atoms with Crippen LogP contribution in [0.25, 0.3) is 10.9 Å². The number of aldehydes is 1. The molecule has 1 saturated heterocycles. The third-order valence-electron chi connectivity index (χ3n) is 6.32. The third kappa shape index (κ3) is 2.53. The fraction of sp³-hybridized carbons (Fsp3) is 0.476. The van der Waals surface area contributed by atoms with Crippen molar-refractivity contribution in [1.82, 2.24) is 9.88 Å². The lowest BCUT2D eigenvalue weighted by Gasteiger charge is -2.46. The maximum absolute atomic E-state index is 11.5. The average molecular weight is 354 g/mol. The molecule has 138 valence electrons. The number of aromatic nitrogens is 1. The molecule has 4 rings (SSSR count). The molecule has 5 nitrogen and oxygen atoms in total. The molecular weight excluding hydrogens is 328 g/mol. The molecule has 0 aliphatic carbocycles. The number of methoxy groups -OCH3 is 1. The zero-order valence-electron chi connectivity index (χ0n) is 15.4. The number of H-pyrrole nitrogens is 1. The molecule has 2 aliphatic heterocycles. The van der Waals surface area contributed by atoms with Crippen LogP contribution < -0.4 is 4.74 Å². The third-order valence-corrected chi connectivity index (χ3v) is 6.32. The predicted molar refractivity (Wildman–Crippen MR) is 102 cm³/mol. The number of nitrogens with one attached hydrogen (secondary N) is 1. The highest BCUT2D eigenvalue weighted by Gasteiger charge is 2.41. The molecule has 1 aromatic carbocycles. The quantitative estimate of drug-likeness (QED) is 0.498. The van der Waals surface area contributed by atoms with E-state index in [0.717, 1.165) is 56.2 Å². The molecule has 0 radical (unpaired) electrons. The van der Waals surface area contributed by atoms with E-state index in [4.69, 9.17) is 4.74 Å². The molecule has 0 saturated carbocycles. The van der Waals surface area contributed by atoms with E-state index in [0.29, 0.717) is 11.5 Å². The topological polar surface area (TPSA) is 65.6 Å². The first-order valence-corrected chi connectivity index (χ1v) is 9.42. The van der Waals surface area contributed by atoms with Gasteiger partial charge in [-0.3, -0.25) is 9.69 Å². The summed E-state index contributed by atoms with van der Waals surface area (Å²) in [6.45, 7) is 4.15. The van der Waals surface area contributed by atoms with Crippen molar-refractivity contribution >= 4 is 17.2 Å². The highest BCUT2D eigenvalue weighted by Crippen LogP contribution is 2.46. The van der Waals surface area contributed by atoms with Crippen molar-refractivity contribution in [2.75, 3.05) is 20.2 Å². The molecule has 0 bridgehead atoms. The number of fused-ring (bicyclic) bond motifs is 5. The molecular formula is C21H26N2O3. The summed E-state index contributed by atoms with van der Waals surface area (Å²) in [5.41, 5.74) is 4.22. The van der Waals surface area contributed by atoms with Crippen molar-refractivity contribution < 1.29 is 14.6 Å². The number of piperidine rings is 1. The molecule has 3 atom stereocenters. The number of aliphatic hydroxyl groups excluding tert-OH is 1. The van der Waals surface area contributed by atoms with Gasteiger partial charge in [0, 0.05) is 35.3 Å². The van der Waals surface area contributed by atoms with Gasteiger partial charge in [0.1, 0.15) is 12.0 Å². The lowest BCUT2D eigenvalue weighted by atomic mass is 9.74. The summed E-state index contributed by atoms with van der Waals surface area (Å²) in [6.07, 6.45) is 4.69. The monoisotopic (exact) mass is 354 g/mol. The molecule has 2 aliphatic rings. The molecule has 0 spiro atoms. The number of benzene rings is 1. The smallest absolute Gasteiger partial charge is 0.149 e. The molecule has 2 aromatic rings. The Morgan fingerprint density at radius 1 is 1.46 bits per heavy atom. The van der Waals surface area contributed by atoms with Crippen LogP contribution >= 0.6 is 0 Å². The van der Waals surface area contributed by atoms with Gasteiger partial charge in [0.2, 0.25) is 0 Å². The number of carbonyl (C=O) groups excluding carboxylic acids is 1. The van der Waals surface area contributed by atoms with E-state index in [1.54, 1.807) is 7.11 Å². The van der Waals surface area contributed by atoms with E-state index < -0.39 is 0 Å². The normalized spacial score (nSPS) is 26.4. The summed E-state index contributed by atoms with van der Waals surface area (Å²) in [4.78, 5) is 17.6. The van der Waals surface area contributed by atoms with E-state index in [1.165, 1.54) is 16.6 Å². The second kappa shape index (κ2) is 6.80. The summed E-state index contributed by atoms with van der Waals surface area (Å²) in [6, 6.07) is 6.37. The van der Waals surface area contributed by atoms with Gasteiger partial charge in [0.25, 0.3) is 0 Å². The highest BCUT2D eigenvalue weighted by molar-refractivity contribution is 5.91. The Hall–Kier alpha value is -2.27. The van der Waals surface area contributed by atoms with E-state index in [2.05, 4.69) is 22.9 Å². The predicted octanol–water partition coefficient (Wildman–Crippen LogP) is 3.76. The van der Waals surface area contributed by atoms with Crippen molar-refractivity contribution in [2.24, 2.45) is 11.8 Å². The number of hydrogen-bond acceptors (Lipinski definition) is 4. The van der Waals surface area contributed by atoms with Crippen molar-refractivity contribution in [2.45, 2.75) is 32.2 Å². The number of allylic oxidation sites excluding steroid dienone is 1. The zero-order valence-corrected chi connectivity index (χ0v) is 15.4. The van der Waals surface area contributed by atoms with Gasteiger partial charge in [-0.25, -0.2) is 0 Å². The standard InChI is InChI=1S/C21H26N2O3/c1-3-13-10-23-8-7-15-20-17(5-4-6-19(20)26-2)22-21(15)18(23)9-16(13)14(11-24)12-25/h4-6,11-13,16,18,22,24H,3,7-10H2,1-2H3/b14-11-. The Morgan fingerprint density at radius 2 is 2.31 bits per heavy atom. The average Bonchev–Trinajstić information content (AvgIpc) is 3.07. The Balaban J connectivity index is 1.78. The number of aromatic amines is 1. The SMILES string of the molecule is CCC1CN2CCc3c([nH]c4cccc(OC)c34)C2CC1/C(C=O)=C\O. The second-order valence-corrected chi connectivity index (χ2v) is 7.42. The number of hydrogen-bond donors (Lipinski definition) is 2. The Morgan fingerprint density at radius 3 is 3.00 bits per heavy atom. The Labute approximate surface area is 153 Å². The largest absolute Gasteiger partial charge is 0.515 e. The van der Waals surface area contributed by atoms with Gasteiger partial charge in [-0.2, -0.15) is 0 Å². The van der Waals surface area contributed by atoms with Crippen LogP contribution in [-0.4, -0.2) is 41.5 Å². The Bertz CT molecular complexity index is 854. The molecule has 3 heterocycles. The van der Waals surface area contributed by atoms with Crippen LogP contribution in [0.15, 0.2) is 30.0 Å². The fourth-order valence-corrected chi connectivity index (χ4v) is 4.99. The lowest BCUT2D eigenvalue weighted by molar-refractivity contribution is -0.106. The van der Waals surface area contributed by atoms with Gasteiger partial charge >= 0.3 is 0 Å². The molecule has 1 fully saturated rings. The van der Waals surface area contributed by atoms with Gasteiger partial charge in [-0.05, 0) is 42.4 Å². The van der Waals surface area contributed by atoms with Gasteiger partial charge in [-0.15, -0.1) is 0 Å². The van der Waals surface area contributed by atoms with Gasteiger partial charge in [-0.1, -0.05) is 19.4 Å². The van der Waals surface area contributed by atoms with E-state index in [9.17, 15) is 9.90 Å². The summed E-state index contributed by atoms with van der Waals surface area (Å²) in [7, 11) is 1.72. The highest BCUT2D eigenvalue weighted by atomic mass is 16.5. The first-order valence-electron chi connectivity index (χ1n) is 9.42. The van der Waals surface area contributed by atoms with Crippen LogP contribution in [0.1, 0.15) is 37.1 Å². The molecule has 5 heteroatoms. The molecule has 1 aromatic heterocycles. The van der Waals surface area contributed by atoms with Crippen molar-refractivity contribution in [1.29, 1.82) is 0 Å². The van der Waals surface area contributed by atoms with E-state index in [1.807, 2.05) is 12.1 Å². The second-order valence-electron chi connectivity index (χ2n) is 7.42. The number of aliphatic hydroxyl groups is 1. The van der Waals surface area contributed by atoms with Crippen LogP contribution in [0, 0.1) is 11.8 Å². The number of carbonyl (C=O) groups is 1. The van der Waals surface area contributed by atoms with Crippen molar-refractivity contribution in [3.63, 3.8) is 0 Å². The summed E-state index contributed by atoms with van der Waals surface area (Å²) in [5, 5.41) is 10.7. The summed E-state index contributed by atoms with van der Waals surface area (Å²) < 4.78 is 5.59. The van der Waals surface area contributed by atoms with Gasteiger partial charge < -0.3 is 14.8 Å². The minimum atomic E-state index is 0.100. The first-order chi connectivity index (χ1) is 12.7. The summed E-state index contributed by atoms with van der Waals surface area (Å²) in [5.74, 6) is 1.41. The maximum Gasteiger partial charge on any atom is 0.149 e. The Kier molecular flexibility index (Phi) is 4.49. The van der Waals surface area contributed by atoms with Crippen LogP contribution in [0.4, 0.5) is 0 Å². The number of rotatable bonds is 4. The number of ether oxygens (including phenoxy) is 1. The van der Waals surface area contributed by atoms with Gasteiger partial charge in [0.05, 0.1) is 19.4 Å². The van der Waals surface area contributed by atoms with Crippen LogP contribution in [0.3, 0.4) is 0 Å². The van der Waals surface area contributed by atoms with Crippen LogP contribution in [0.2, 0.25) is 0 Å². The minimum absolute atomic E-state index is 0.100. The van der Waals surface area contributed by atoms with Crippen LogP contribution in [-0.2, 0) is 11.2 Å².